The van der Waals surface area contributed by atoms with Crippen LogP contribution in [0.1, 0.15) is 38.9 Å². The molecule has 1 aromatic rings. The van der Waals surface area contributed by atoms with Crippen LogP contribution in [0.15, 0.2) is 0 Å². The molecule has 0 saturated heterocycles. The van der Waals surface area contributed by atoms with Gasteiger partial charge in [0, 0.05) is 6.04 Å². The van der Waals surface area contributed by atoms with Crippen molar-refractivity contribution < 1.29 is 13.2 Å². The Morgan fingerprint density at radius 1 is 1.28 bits per heavy atom. The summed E-state index contributed by atoms with van der Waals surface area (Å²) in [6.07, 6.45) is -1.82. The van der Waals surface area contributed by atoms with Crippen LogP contribution in [0.3, 0.4) is 0 Å². The van der Waals surface area contributed by atoms with Crippen molar-refractivity contribution in [3.05, 3.63) is 5.82 Å². The van der Waals surface area contributed by atoms with Crippen LogP contribution >= 0.6 is 0 Å². The van der Waals surface area contributed by atoms with Gasteiger partial charge in [0.1, 0.15) is 0 Å². The topological polar surface area (TPSA) is 76.7 Å². The number of aromatic nitrogens is 3. The van der Waals surface area contributed by atoms with Gasteiger partial charge in [-0.15, -0.1) is 0 Å². The molecule has 0 fully saturated rings. The lowest BCUT2D eigenvalue weighted by Gasteiger charge is -2.14. The summed E-state index contributed by atoms with van der Waals surface area (Å²) in [5.41, 5.74) is 5.23. The van der Waals surface area contributed by atoms with Crippen LogP contribution in [0, 0.1) is 0 Å². The molecule has 102 valence electrons. The number of hydrogen-bond acceptors (Lipinski definition) is 5. The molecule has 0 aliphatic rings. The van der Waals surface area contributed by atoms with E-state index >= 15 is 0 Å². The highest BCUT2D eigenvalue weighted by Crippen LogP contribution is 2.26. The summed E-state index contributed by atoms with van der Waals surface area (Å²) in [4.78, 5) is 10.0. The van der Waals surface area contributed by atoms with E-state index in [4.69, 9.17) is 5.73 Å². The van der Waals surface area contributed by atoms with Gasteiger partial charge in [0.25, 0.3) is 0 Å². The van der Waals surface area contributed by atoms with Crippen LogP contribution in [0.5, 0.6) is 0 Å². The predicted octanol–water partition coefficient (Wildman–Crippen LogP) is 2.46. The van der Waals surface area contributed by atoms with Crippen molar-refractivity contribution >= 4 is 11.9 Å². The highest BCUT2D eigenvalue weighted by atomic mass is 19.4. The third-order valence-electron chi connectivity index (χ3n) is 2.27. The molecular formula is C10H16F3N5. The lowest BCUT2D eigenvalue weighted by Crippen LogP contribution is -2.21. The van der Waals surface area contributed by atoms with Crippen molar-refractivity contribution in [2.45, 2.75) is 45.3 Å². The lowest BCUT2D eigenvalue weighted by molar-refractivity contribution is -0.144. The molecule has 3 N–H and O–H groups in total. The van der Waals surface area contributed by atoms with E-state index in [-0.39, 0.29) is 12.0 Å². The minimum atomic E-state index is -4.62. The summed E-state index contributed by atoms with van der Waals surface area (Å²) in [6.45, 7) is 3.89. The summed E-state index contributed by atoms with van der Waals surface area (Å²) in [5, 5.41) is 2.79. The van der Waals surface area contributed by atoms with E-state index in [0.717, 1.165) is 19.3 Å². The predicted molar refractivity (Wildman–Crippen MR) is 61.9 cm³/mol. The number of anilines is 2. The largest absolute Gasteiger partial charge is 0.451 e. The van der Waals surface area contributed by atoms with E-state index in [0.29, 0.717) is 0 Å². The van der Waals surface area contributed by atoms with Crippen molar-refractivity contribution in [3.63, 3.8) is 0 Å². The first-order valence-electron chi connectivity index (χ1n) is 5.68. The summed E-state index contributed by atoms with van der Waals surface area (Å²) < 4.78 is 37.4. The van der Waals surface area contributed by atoms with E-state index in [1.165, 1.54) is 0 Å². The van der Waals surface area contributed by atoms with E-state index in [9.17, 15) is 13.2 Å². The van der Waals surface area contributed by atoms with Crippen molar-refractivity contribution in [2.24, 2.45) is 0 Å². The SMILES string of the molecule is CCCCC(C)Nc1nc(N)nc(C(F)(F)F)n1. The average molecular weight is 263 g/mol. The number of nitrogens with one attached hydrogen (secondary N) is 1. The second-order valence-corrected chi connectivity index (χ2v) is 4.03. The minimum Gasteiger partial charge on any atom is -0.368 e. The zero-order chi connectivity index (χ0) is 13.8. The second kappa shape index (κ2) is 5.83. The van der Waals surface area contributed by atoms with Crippen molar-refractivity contribution in [1.29, 1.82) is 0 Å². The summed E-state index contributed by atoms with van der Waals surface area (Å²) in [5.74, 6) is -1.86. The van der Waals surface area contributed by atoms with Gasteiger partial charge in [-0.3, -0.25) is 0 Å². The Balaban J connectivity index is 2.80. The third-order valence-corrected chi connectivity index (χ3v) is 2.27. The van der Waals surface area contributed by atoms with Crippen molar-refractivity contribution in [3.8, 4) is 0 Å². The summed E-state index contributed by atoms with van der Waals surface area (Å²) in [6, 6.07) is -0.0205. The fourth-order valence-corrected chi connectivity index (χ4v) is 1.39. The molecule has 0 aliphatic carbocycles. The van der Waals surface area contributed by atoms with Crippen LogP contribution in [0.2, 0.25) is 0 Å². The number of rotatable bonds is 5. The zero-order valence-electron chi connectivity index (χ0n) is 10.3. The van der Waals surface area contributed by atoms with Gasteiger partial charge in [0.15, 0.2) is 0 Å². The average Bonchev–Trinajstić information content (AvgIpc) is 2.24. The van der Waals surface area contributed by atoms with Gasteiger partial charge in [-0.2, -0.15) is 28.1 Å². The van der Waals surface area contributed by atoms with Crippen LogP contribution in [0.25, 0.3) is 0 Å². The quantitative estimate of drug-likeness (QED) is 0.853. The van der Waals surface area contributed by atoms with Crippen LogP contribution in [-0.4, -0.2) is 21.0 Å². The van der Waals surface area contributed by atoms with Gasteiger partial charge in [-0.25, -0.2) is 0 Å². The van der Waals surface area contributed by atoms with Gasteiger partial charge in [0.05, 0.1) is 0 Å². The number of nitrogen functional groups attached to an aromatic ring is 1. The van der Waals surface area contributed by atoms with Gasteiger partial charge in [-0.1, -0.05) is 19.8 Å². The first-order chi connectivity index (χ1) is 8.32. The molecule has 0 amide bonds. The summed E-state index contributed by atoms with van der Waals surface area (Å²) >= 11 is 0. The smallest absolute Gasteiger partial charge is 0.368 e. The maximum atomic E-state index is 12.5. The van der Waals surface area contributed by atoms with Gasteiger partial charge in [0.2, 0.25) is 17.7 Å². The molecule has 1 unspecified atom stereocenters. The van der Waals surface area contributed by atoms with Crippen LogP contribution < -0.4 is 11.1 Å². The molecule has 1 rings (SSSR count). The van der Waals surface area contributed by atoms with E-state index in [2.05, 4.69) is 20.3 Å². The second-order valence-electron chi connectivity index (χ2n) is 4.03. The first kappa shape index (κ1) is 14.5. The Morgan fingerprint density at radius 3 is 2.50 bits per heavy atom. The Bertz CT molecular complexity index is 394. The number of nitrogens with zero attached hydrogens (tertiary/aromatic N) is 3. The number of alkyl halides is 3. The molecular weight excluding hydrogens is 247 g/mol. The Morgan fingerprint density at radius 2 is 1.94 bits per heavy atom. The van der Waals surface area contributed by atoms with Crippen molar-refractivity contribution in [1.82, 2.24) is 15.0 Å². The van der Waals surface area contributed by atoms with Crippen molar-refractivity contribution in [2.75, 3.05) is 11.1 Å². The van der Waals surface area contributed by atoms with E-state index < -0.39 is 17.9 Å². The number of halogens is 3. The molecule has 8 heteroatoms. The Labute approximate surface area is 103 Å². The van der Waals surface area contributed by atoms with Gasteiger partial charge < -0.3 is 11.1 Å². The number of unbranched alkanes of at least 4 members (excludes halogenated alkanes) is 1. The Hall–Kier alpha value is -1.60. The fourth-order valence-electron chi connectivity index (χ4n) is 1.39. The molecule has 0 aliphatic heterocycles. The van der Waals surface area contributed by atoms with E-state index in [1.807, 2.05) is 13.8 Å². The molecule has 1 heterocycles. The molecule has 0 radical (unpaired) electrons. The molecule has 18 heavy (non-hydrogen) atoms. The van der Waals surface area contributed by atoms with Crippen LogP contribution in [-0.2, 0) is 6.18 Å². The van der Waals surface area contributed by atoms with Gasteiger partial charge >= 0.3 is 6.18 Å². The normalized spacial score (nSPS) is 13.4. The maximum Gasteiger partial charge on any atom is 0.451 e. The number of nitrogens with two attached hydrogens (primary N) is 1. The third kappa shape index (κ3) is 4.34. The number of hydrogen-bond donors (Lipinski definition) is 2. The molecule has 0 aromatic carbocycles. The highest BCUT2D eigenvalue weighted by Gasteiger charge is 2.35. The maximum absolute atomic E-state index is 12.5. The standard InChI is InChI=1S/C10H16F3N5/c1-3-4-5-6(2)15-9-17-7(10(11,12)13)16-8(14)18-9/h6H,3-5H2,1-2H3,(H3,14,15,16,17,18). The molecule has 5 nitrogen and oxygen atoms in total. The molecule has 1 aromatic heterocycles. The lowest BCUT2D eigenvalue weighted by atomic mass is 10.1. The van der Waals surface area contributed by atoms with Gasteiger partial charge in [-0.05, 0) is 13.3 Å². The monoisotopic (exact) mass is 263 g/mol. The fraction of sp³-hybridized carbons (Fsp3) is 0.700. The minimum absolute atomic E-state index is 0.0205. The van der Waals surface area contributed by atoms with E-state index in [1.54, 1.807) is 0 Å². The summed E-state index contributed by atoms with van der Waals surface area (Å²) in [7, 11) is 0. The van der Waals surface area contributed by atoms with Crippen LogP contribution in [0.4, 0.5) is 25.1 Å². The first-order valence-corrected chi connectivity index (χ1v) is 5.68. The molecule has 0 saturated carbocycles. The molecule has 0 bridgehead atoms. The zero-order valence-corrected chi connectivity index (χ0v) is 10.3. The highest BCUT2D eigenvalue weighted by molar-refractivity contribution is 5.32. The molecule has 0 spiro atoms. The molecule has 1 atom stereocenters. The Kier molecular flexibility index (Phi) is 4.69.